The highest BCUT2D eigenvalue weighted by molar-refractivity contribution is 8.00. The van der Waals surface area contributed by atoms with E-state index in [0.29, 0.717) is 0 Å². The largest absolute Gasteiger partial charge is 0.394 e. The van der Waals surface area contributed by atoms with Gasteiger partial charge in [-0.15, -0.1) is 11.8 Å². The number of aliphatic hydroxyl groups is 4. The zero-order chi connectivity index (χ0) is 12.5. The Bertz CT molecular complexity index is 229. The van der Waals surface area contributed by atoms with E-state index in [1.807, 2.05) is 13.8 Å². The van der Waals surface area contributed by atoms with E-state index in [9.17, 15) is 15.3 Å². The molecule has 0 aliphatic carbocycles. The molecule has 6 heteroatoms. The van der Waals surface area contributed by atoms with Gasteiger partial charge in [0.25, 0.3) is 0 Å². The van der Waals surface area contributed by atoms with Crippen molar-refractivity contribution < 1.29 is 25.2 Å². The van der Waals surface area contributed by atoms with Gasteiger partial charge in [0, 0.05) is 5.25 Å². The van der Waals surface area contributed by atoms with Gasteiger partial charge in [0.2, 0.25) is 0 Å². The molecular weight excluding hydrogens is 232 g/mol. The molecule has 0 bridgehead atoms. The molecule has 0 aromatic carbocycles. The summed E-state index contributed by atoms with van der Waals surface area (Å²) in [6, 6.07) is 0. The lowest BCUT2D eigenvalue weighted by Crippen LogP contribution is -2.64. The lowest BCUT2D eigenvalue weighted by Gasteiger charge is -2.46. The third kappa shape index (κ3) is 2.69. The molecular formula is C10H20O5S. The van der Waals surface area contributed by atoms with Crippen LogP contribution in [0.2, 0.25) is 0 Å². The molecule has 1 fully saturated rings. The Hall–Kier alpha value is 0.150. The van der Waals surface area contributed by atoms with Gasteiger partial charge >= 0.3 is 0 Å². The van der Waals surface area contributed by atoms with Crippen LogP contribution in [0.25, 0.3) is 0 Å². The average molecular weight is 252 g/mol. The second-order valence-electron chi connectivity index (χ2n) is 4.52. The van der Waals surface area contributed by atoms with Crippen molar-refractivity contribution in [2.24, 2.45) is 0 Å². The van der Waals surface area contributed by atoms with Crippen molar-refractivity contribution in [1.82, 2.24) is 0 Å². The summed E-state index contributed by atoms with van der Waals surface area (Å²) in [5.41, 5.74) is -2.27. The molecule has 16 heavy (non-hydrogen) atoms. The maximum Gasteiger partial charge on any atom is 0.132 e. The minimum Gasteiger partial charge on any atom is -0.394 e. The fourth-order valence-electron chi connectivity index (χ4n) is 1.67. The van der Waals surface area contributed by atoms with E-state index in [0.717, 1.165) is 0 Å². The van der Waals surface area contributed by atoms with Crippen LogP contribution in [0, 0.1) is 0 Å². The summed E-state index contributed by atoms with van der Waals surface area (Å²) in [6.07, 6.45) is -3.37. The van der Waals surface area contributed by atoms with Crippen LogP contribution in [0.1, 0.15) is 20.8 Å². The first-order valence-corrected chi connectivity index (χ1v) is 6.25. The van der Waals surface area contributed by atoms with E-state index < -0.39 is 36.0 Å². The maximum atomic E-state index is 9.92. The Labute approximate surface area is 99.4 Å². The molecule has 0 amide bonds. The third-order valence-corrected chi connectivity index (χ3v) is 3.93. The molecule has 5 nitrogen and oxygen atoms in total. The highest BCUT2D eigenvalue weighted by Gasteiger charge is 2.51. The first-order chi connectivity index (χ1) is 7.30. The Morgan fingerprint density at radius 1 is 1.38 bits per heavy atom. The Morgan fingerprint density at radius 3 is 2.38 bits per heavy atom. The summed E-state index contributed by atoms with van der Waals surface area (Å²) in [4.78, 5) is 0. The van der Waals surface area contributed by atoms with Gasteiger partial charge < -0.3 is 25.2 Å². The monoisotopic (exact) mass is 252 g/mol. The van der Waals surface area contributed by atoms with E-state index >= 15 is 0 Å². The molecule has 1 rings (SSSR count). The van der Waals surface area contributed by atoms with Crippen molar-refractivity contribution in [1.29, 1.82) is 0 Å². The summed E-state index contributed by atoms with van der Waals surface area (Å²) in [5, 5.41) is 38.8. The number of rotatable bonds is 3. The molecule has 96 valence electrons. The van der Waals surface area contributed by atoms with Gasteiger partial charge in [-0.25, -0.2) is 0 Å². The van der Waals surface area contributed by atoms with E-state index in [1.165, 1.54) is 18.7 Å². The van der Waals surface area contributed by atoms with E-state index in [1.54, 1.807) is 0 Å². The molecule has 0 saturated carbocycles. The zero-order valence-electron chi connectivity index (χ0n) is 9.70. The standard InChI is InChI=1S/C10H20O5S/c1-5(2)16-9-7(12)8(13)10(3,14)6(4-11)15-9/h5-9,11-14H,4H2,1-3H3/t6?,7-,8?,9+,10+/m1/s1. The predicted molar refractivity (Wildman–Crippen MR) is 61.1 cm³/mol. The van der Waals surface area contributed by atoms with E-state index in [4.69, 9.17) is 9.84 Å². The first kappa shape index (κ1) is 14.2. The molecule has 0 aromatic heterocycles. The molecule has 4 N–H and O–H groups in total. The van der Waals surface area contributed by atoms with Crippen LogP contribution in [0.15, 0.2) is 0 Å². The van der Waals surface area contributed by atoms with Crippen LogP contribution in [-0.2, 0) is 4.74 Å². The minimum atomic E-state index is -1.64. The molecule has 1 aliphatic heterocycles. The molecule has 0 aromatic rings. The number of aliphatic hydroxyl groups excluding tert-OH is 3. The molecule has 1 aliphatic rings. The Kier molecular flexibility index (Phi) is 4.62. The molecule has 0 radical (unpaired) electrons. The summed E-state index contributed by atoms with van der Waals surface area (Å²) in [7, 11) is 0. The van der Waals surface area contributed by atoms with Crippen molar-refractivity contribution in [3.63, 3.8) is 0 Å². The Balaban J connectivity index is 2.79. The molecule has 0 spiro atoms. The summed E-state index contributed by atoms with van der Waals surface area (Å²) in [5.74, 6) is 0. The predicted octanol–water partition coefficient (Wildman–Crippen LogP) is -0.682. The smallest absolute Gasteiger partial charge is 0.132 e. The fraction of sp³-hybridized carbons (Fsp3) is 1.00. The zero-order valence-corrected chi connectivity index (χ0v) is 10.5. The van der Waals surface area contributed by atoms with E-state index in [2.05, 4.69) is 0 Å². The minimum absolute atomic E-state index is 0.217. The molecule has 1 saturated heterocycles. The van der Waals surface area contributed by atoms with Crippen molar-refractivity contribution in [2.45, 2.75) is 55.4 Å². The summed E-state index contributed by atoms with van der Waals surface area (Å²) < 4.78 is 5.40. The topological polar surface area (TPSA) is 90.2 Å². The fourth-order valence-corrected chi connectivity index (χ4v) is 2.72. The van der Waals surface area contributed by atoms with E-state index in [-0.39, 0.29) is 5.25 Å². The van der Waals surface area contributed by atoms with Crippen molar-refractivity contribution in [3.8, 4) is 0 Å². The summed E-state index contributed by atoms with van der Waals surface area (Å²) in [6.45, 7) is 4.83. The number of hydrogen-bond acceptors (Lipinski definition) is 6. The van der Waals surface area contributed by atoms with Crippen LogP contribution >= 0.6 is 11.8 Å². The third-order valence-electron chi connectivity index (χ3n) is 2.72. The van der Waals surface area contributed by atoms with Crippen LogP contribution in [0.5, 0.6) is 0 Å². The second-order valence-corrected chi connectivity index (χ2v) is 6.20. The number of ether oxygens (including phenoxy) is 1. The average Bonchev–Trinajstić information content (AvgIpc) is 2.19. The quantitative estimate of drug-likeness (QED) is 0.532. The Morgan fingerprint density at radius 2 is 1.94 bits per heavy atom. The van der Waals surface area contributed by atoms with Crippen molar-refractivity contribution in [2.75, 3.05) is 6.61 Å². The molecule has 2 unspecified atom stereocenters. The van der Waals surface area contributed by atoms with Crippen LogP contribution in [0.4, 0.5) is 0 Å². The molecule has 5 atom stereocenters. The highest BCUT2D eigenvalue weighted by atomic mass is 32.2. The van der Waals surface area contributed by atoms with Gasteiger partial charge in [-0.2, -0.15) is 0 Å². The number of hydrogen-bond donors (Lipinski definition) is 4. The summed E-state index contributed by atoms with van der Waals surface area (Å²) >= 11 is 1.35. The van der Waals surface area contributed by atoms with Gasteiger partial charge in [0.15, 0.2) is 0 Å². The van der Waals surface area contributed by atoms with Gasteiger partial charge in [-0.3, -0.25) is 0 Å². The number of thioether (sulfide) groups is 1. The van der Waals surface area contributed by atoms with Crippen LogP contribution in [0.3, 0.4) is 0 Å². The lowest BCUT2D eigenvalue weighted by atomic mass is 9.87. The van der Waals surface area contributed by atoms with Crippen molar-refractivity contribution >= 4 is 11.8 Å². The van der Waals surface area contributed by atoms with Gasteiger partial charge in [0.05, 0.1) is 6.61 Å². The maximum absolute atomic E-state index is 9.92. The van der Waals surface area contributed by atoms with Gasteiger partial charge in [-0.1, -0.05) is 13.8 Å². The highest BCUT2D eigenvalue weighted by Crippen LogP contribution is 2.35. The SMILES string of the molecule is CC(C)S[C@@H]1OC(CO)[C@](C)(O)C(O)[C@H]1O. The first-order valence-electron chi connectivity index (χ1n) is 5.31. The lowest BCUT2D eigenvalue weighted by molar-refractivity contribution is -0.250. The van der Waals surface area contributed by atoms with Crippen molar-refractivity contribution in [3.05, 3.63) is 0 Å². The normalized spacial score (nSPS) is 45.0. The van der Waals surface area contributed by atoms with Crippen LogP contribution < -0.4 is 0 Å². The second kappa shape index (κ2) is 5.20. The molecule has 1 heterocycles. The van der Waals surface area contributed by atoms with Gasteiger partial charge in [-0.05, 0) is 6.92 Å². The van der Waals surface area contributed by atoms with Crippen LogP contribution in [-0.4, -0.2) is 61.6 Å². The van der Waals surface area contributed by atoms with Gasteiger partial charge in [0.1, 0.15) is 29.3 Å².